The highest BCUT2D eigenvalue weighted by Crippen LogP contribution is 2.19. The number of anilines is 1. The molecule has 1 N–H and O–H groups in total. The standard InChI is InChI=1S/C17H13BrN2O/c1-12-6-8-15(9-7-12)20-17(21)14(11-19)10-13-4-2-3-5-16(13)18/h2-10H,1H3,(H,20,21)/b14-10-. The second-order valence-electron chi connectivity index (χ2n) is 4.51. The van der Waals surface area contributed by atoms with E-state index >= 15 is 0 Å². The zero-order chi connectivity index (χ0) is 15.2. The molecule has 0 aliphatic rings. The molecular formula is C17H13BrN2O. The Morgan fingerprint density at radius 3 is 2.48 bits per heavy atom. The lowest BCUT2D eigenvalue weighted by Gasteiger charge is -2.05. The molecule has 2 aromatic carbocycles. The van der Waals surface area contributed by atoms with Gasteiger partial charge in [0.15, 0.2) is 0 Å². The molecule has 4 heteroatoms. The number of nitrogens with zero attached hydrogens (tertiary/aromatic N) is 1. The maximum atomic E-state index is 12.1. The van der Waals surface area contributed by atoms with Crippen molar-refractivity contribution in [3.8, 4) is 6.07 Å². The van der Waals surface area contributed by atoms with Crippen LogP contribution < -0.4 is 5.32 Å². The first-order valence-corrected chi connectivity index (χ1v) is 7.14. The third-order valence-electron chi connectivity index (χ3n) is 2.88. The predicted octanol–water partition coefficient (Wildman–Crippen LogP) is 4.30. The number of aryl methyl sites for hydroxylation is 1. The van der Waals surface area contributed by atoms with Crippen molar-refractivity contribution in [3.05, 3.63) is 69.7 Å². The second kappa shape index (κ2) is 6.87. The largest absolute Gasteiger partial charge is 0.321 e. The molecule has 0 aliphatic heterocycles. The molecule has 1 amide bonds. The lowest BCUT2D eigenvalue weighted by atomic mass is 10.1. The molecule has 2 aromatic rings. The van der Waals surface area contributed by atoms with Crippen LogP contribution in [0.1, 0.15) is 11.1 Å². The van der Waals surface area contributed by atoms with E-state index in [9.17, 15) is 10.1 Å². The van der Waals surface area contributed by atoms with Gasteiger partial charge in [-0.1, -0.05) is 51.8 Å². The summed E-state index contributed by atoms with van der Waals surface area (Å²) in [6, 6.07) is 16.8. The van der Waals surface area contributed by atoms with Gasteiger partial charge in [0.05, 0.1) is 0 Å². The van der Waals surface area contributed by atoms with E-state index in [2.05, 4.69) is 21.2 Å². The van der Waals surface area contributed by atoms with Gasteiger partial charge in [0.2, 0.25) is 0 Å². The smallest absolute Gasteiger partial charge is 0.266 e. The first kappa shape index (κ1) is 15.0. The summed E-state index contributed by atoms with van der Waals surface area (Å²) < 4.78 is 0.834. The second-order valence-corrected chi connectivity index (χ2v) is 5.37. The summed E-state index contributed by atoms with van der Waals surface area (Å²) in [5, 5.41) is 11.9. The lowest BCUT2D eigenvalue weighted by molar-refractivity contribution is -0.112. The average Bonchev–Trinajstić information content (AvgIpc) is 2.48. The minimum Gasteiger partial charge on any atom is -0.321 e. The van der Waals surface area contributed by atoms with Gasteiger partial charge in [0, 0.05) is 10.2 Å². The van der Waals surface area contributed by atoms with Crippen LogP contribution in [0, 0.1) is 18.3 Å². The molecule has 0 aromatic heterocycles. The fraction of sp³-hybridized carbons (Fsp3) is 0.0588. The van der Waals surface area contributed by atoms with E-state index in [1.807, 2.05) is 49.4 Å². The number of amides is 1. The van der Waals surface area contributed by atoms with Gasteiger partial charge < -0.3 is 5.32 Å². The van der Waals surface area contributed by atoms with E-state index in [0.29, 0.717) is 5.69 Å². The monoisotopic (exact) mass is 340 g/mol. The quantitative estimate of drug-likeness (QED) is 0.668. The van der Waals surface area contributed by atoms with Gasteiger partial charge in [-0.3, -0.25) is 4.79 Å². The van der Waals surface area contributed by atoms with Gasteiger partial charge in [-0.15, -0.1) is 0 Å². The summed E-state index contributed by atoms with van der Waals surface area (Å²) in [6.45, 7) is 1.97. The molecule has 21 heavy (non-hydrogen) atoms. The molecule has 0 fully saturated rings. The van der Waals surface area contributed by atoms with Crippen LogP contribution in [-0.4, -0.2) is 5.91 Å². The zero-order valence-corrected chi connectivity index (χ0v) is 13.0. The Kier molecular flexibility index (Phi) is 4.91. The molecular weight excluding hydrogens is 328 g/mol. The molecule has 0 unspecified atom stereocenters. The minimum atomic E-state index is -0.419. The maximum Gasteiger partial charge on any atom is 0.266 e. The van der Waals surface area contributed by atoms with Crippen LogP contribution in [-0.2, 0) is 4.79 Å². The number of benzene rings is 2. The lowest BCUT2D eigenvalue weighted by Crippen LogP contribution is -2.13. The van der Waals surface area contributed by atoms with Crippen LogP contribution in [0.5, 0.6) is 0 Å². The van der Waals surface area contributed by atoms with Crippen molar-refractivity contribution in [1.29, 1.82) is 5.26 Å². The van der Waals surface area contributed by atoms with Crippen LogP contribution in [0.3, 0.4) is 0 Å². The van der Waals surface area contributed by atoms with Gasteiger partial charge in [0.25, 0.3) is 5.91 Å². The number of halogens is 1. The third-order valence-corrected chi connectivity index (χ3v) is 3.60. The molecule has 0 spiro atoms. The van der Waals surface area contributed by atoms with Crippen molar-refractivity contribution in [1.82, 2.24) is 0 Å². The number of nitriles is 1. The van der Waals surface area contributed by atoms with E-state index in [-0.39, 0.29) is 5.57 Å². The van der Waals surface area contributed by atoms with E-state index < -0.39 is 5.91 Å². The number of carbonyl (C=O) groups is 1. The molecule has 0 radical (unpaired) electrons. The Morgan fingerprint density at radius 2 is 1.86 bits per heavy atom. The van der Waals surface area contributed by atoms with Crippen molar-refractivity contribution in [2.45, 2.75) is 6.92 Å². The Balaban J connectivity index is 2.22. The first-order valence-electron chi connectivity index (χ1n) is 6.34. The third kappa shape index (κ3) is 4.04. The van der Waals surface area contributed by atoms with Crippen LogP contribution >= 0.6 is 15.9 Å². The Hall–Kier alpha value is -2.38. The molecule has 0 atom stereocenters. The Morgan fingerprint density at radius 1 is 1.19 bits per heavy atom. The van der Waals surface area contributed by atoms with Crippen LogP contribution in [0.4, 0.5) is 5.69 Å². The SMILES string of the molecule is Cc1ccc(NC(=O)/C(C#N)=C\c2ccccc2Br)cc1. The van der Waals surface area contributed by atoms with Crippen LogP contribution in [0.2, 0.25) is 0 Å². The normalized spacial score (nSPS) is 10.8. The van der Waals surface area contributed by atoms with Crippen LogP contribution in [0.15, 0.2) is 58.6 Å². The van der Waals surface area contributed by atoms with Crippen LogP contribution in [0.25, 0.3) is 6.08 Å². The van der Waals surface area contributed by atoms with Crippen molar-refractivity contribution in [2.75, 3.05) is 5.32 Å². The molecule has 0 saturated carbocycles. The molecule has 0 saturated heterocycles. The van der Waals surface area contributed by atoms with Gasteiger partial charge in [0.1, 0.15) is 11.6 Å². The number of rotatable bonds is 3. The van der Waals surface area contributed by atoms with E-state index in [1.54, 1.807) is 18.2 Å². The summed E-state index contributed by atoms with van der Waals surface area (Å²) in [5.41, 5.74) is 2.62. The van der Waals surface area contributed by atoms with Crippen molar-refractivity contribution < 1.29 is 4.79 Å². The van der Waals surface area contributed by atoms with E-state index in [1.165, 1.54) is 0 Å². The van der Waals surface area contributed by atoms with Gasteiger partial charge in [-0.25, -0.2) is 0 Å². The topological polar surface area (TPSA) is 52.9 Å². The number of hydrogen-bond donors (Lipinski definition) is 1. The fourth-order valence-electron chi connectivity index (χ4n) is 1.73. The number of nitrogens with one attached hydrogen (secondary N) is 1. The van der Waals surface area contributed by atoms with E-state index in [0.717, 1.165) is 15.6 Å². The fourth-order valence-corrected chi connectivity index (χ4v) is 2.13. The number of carbonyl (C=O) groups excluding carboxylic acids is 1. The first-order chi connectivity index (χ1) is 10.1. The zero-order valence-electron chi connectivity index (χ0n) is 11.4. The highest BCUT2D eigenvalue weighted by atomic mass is 79.9. The highest BCUT2D eigenvalue weighted by Gasteiger charge is 2.10. The summed E-state index contributed by atoms with van der Waals surface area (Å²) in [6.07, 6.45) is 1.56. The van der Waals surface area contributed by atoms with Crippen molar-refractivity contribution in [3.63, 3.8) is 0 Å². The molecule has 104 valence electrons. The summed E-state index contributed by atoms with van der Waals surface area (Å²) in [5.74, 6) is -0.419. The molecule has 0 bridgehead atoms. The highest BCUT2D eigenvalue weighted by molar-refractivity contribution is 9.10. The molecule has 2 rings (SSSR count). The molecule has 0 heterocycles. The molecule has 0 aliphatic carbocycles. The summed E-state index contributed by atoms with van der Waals surface area (Å²) in [4.78, 5) is 12.1. The number of hydrogen-bond acceptors (Lipinski definition) is 2. The minimum absolute atomic E-state index is 0.0578. The van der Waals surface area contributed by atoms with Crippen molar-refractivity contribution >= 4 is 33.6 Å². The average molecular weight is 341 g/mol. The van der Waals surface area contributed by atoms with Gasteiger partial charge >= 0.3 is 0 Å². The van der Waals surface area contributed by atoms with Gasteiger partial charge in [-0.05, 0) is 36.8 Å². The maximum absolute atomic E-state index is 12.1. The Bertz CT molecular complexity index is 727. The van der Waals surface area contributed by atoms with E-state index in [4.69, 9.17) is 0 Å². The summed E-state index contributed by atoms with van der Waals surface area (Å²) >= 11 is 3.39. The summed E-state index contributed by atoms with van der Waals surface area (Å²) in [7, 11) is 0. The Labute approximate surface area is 132 Å². The predicted molar refractivity (Wildman–Crippen MR) is 87.5 cm³/mol. The van der Waals surface area contributed by atoms with Gasteiger partial charge in [-0.2, -0.15) is 5.26 Å². The van der Waals surface area contributed by atoms with Crippen molar-refractivity contribution in [2.24, 2.45) is 0 Å². The molecule has 3 nitrogen and oxygen atoms in total.